The Balaban J connectivity index is 1.93. The minimum atomic E-state index is -1.65. The molecule has 16 heteroatoms. The van der Waals surface area contributed by atoms with Gasteiger partial charge in [0.25, 0.3) is 5.69 Å². The summed E-state index contributed by atoms with van der Waals surface area (Å²) in [5.74, 6) is -1.11. The molecule has 0 radical (unpaired) electrons. The Bertz CT molecular complexity index is 980. The first-order valence-electron chi connectivity index (χ1n) is 11.6. The molecule has 0 bridgehead atoms. The molecule has 10 atom stereocenters. The largest absolute Gasteiger partial charge is 0.463 e. The molecule has 2 saturated heterocycles. The highest BCUT2D eigenvalue weighted by Crippen LogP contribution is 2.31. The average Bonchev–Trinajstić information content (AvgIpc) is 2.86. The quantitative estimate of drug-likeness (QED) is 0.120. The molecule has 2 aliphatic heterocycles. The first-order chi connectivity index (χ1) is 18.0. The fourth-order valence-corrected chi connectivity index (χ4v) is 4.24. The first kappa shape index (κ1) is 29.6. The lowest BCUT2D eigenvalue weighted by Gasteiger charge is -2.48. The summed E-state index contributed by atoms with van der Waals surface area (Å²) in [4.78, 5) is 34.1. The molecule has 2 fully saturated rings. The smallest absolute Gasteiger partial charge is 0.269 e. The standard InChI is InChI=1S/C22H31N3O13/c1-9(28)23-15-19(32)17(30)13(7-26)36-21(15)38-20-16(24-10(2)29)22(37-14(8-27)18(20)31)35-12-5-3-11(4-6-12)25(33)34/h3-6,13-22,26-27,30-32H,7-8H2,1-2H3,(H,23,28)(H,24,29)/t13-,14-,15?,16?,17-,18+,19-,20-,21+,22+/m1/s1. The summed E-state index contributed by atoms with van der Waals surface area (Å²) in [5.41, 5.74) is -0.206. The molecular weight excluding hydrogens is 514 g/mol. The topological polar surface area (TPSA) is 239 Å². The highest BCUT2D eigenvalue weighted by Gasteiger charge is 2.52. The lowest BCUT2D eigenvalue weighted by Crippen LogP contribution is -2.70. The first-order valence-corrected chi connectivity index (χ1v) is 11.6. The summed E-state index contributed by atoms with van der Waals surface area (Å²) < 4.78 is 22.9. The second kappa shape index (κ2) is 12.7. The normalized spacial score (nSPS) is 35.2. The number of nitro benzene ring substituents is 1. The van der Waals surface area contributed by atoms with Crippen LogP contribution >= 0.6 is 0 Å². The van der Waals surface area contributed by atoms with Gasteiger partial charge >= 0.3 is 0 Å². The Labute approximate surface area is 216 Å². The van der Waals surface area contributed by atoms with Crippen LogP contribution in [0.2, 0.25) is 0 Å². The number of rotatable bonds is 9. The number of non-ortho nitro benzene ring substituents is 1. The summed E-state index contributed by atoms with van der Waals surface area (Å²) in [6.45, 7) is 0.883. The number of aliphatic hydroxyl groups is 5. The molecule has 2 aliphatic rings. The van der Waals surface area contributed by atoms with Gasteiger partial charge < -0.3 is 55.1 Å². The van der Waals surface area contributed by atoms with Crippen LogP contribution in [0.25, 0.3) is 0 Å². The van der Waals surface area contributed by atoms with Crippen molar-refractivity contribution in [1.82, 2.24) is 10.6 Å². The van der Waals surface area contributed by atoms with Crippen LogP contribution in [0, 0.1) is 10.1 Å². The van der Waals surface area contributed by atoms with Crippen molar-refractivity contribution in [2.75, 3.05) is 13.2 Å². The van der Waals surface area contributed by atoms with E-state index in [1.54, 1.807) is 0 Å². The molecule has 3 rings (SSSR count). The molecule has 7 N–H and O–H groups in total. The van der Waals surface area contributed by atoms with Crippen molar-refractivity contribution in [2.24, 2.45) is 0 Å². The van der Waals surface area contributed by atoms with Crippen molar-refractivity contribution in [3.05, 3.63) is 34.4 Å². The predicted molar refractivity (Wildman–Crippen MR) is 123 cm³/mol. The summed E-state index contributed by atoms with van der Waals surface area (Å²) in [6, 6.07) is 2.27. The highest BCUT2D eigenvalue weighted by atomic mass is 16.7. The fourth-order valence-electron chi connectivity index (χ4n) is 4.24. The number of aliphatic hydroxyl groups excluding tert-OH is 5. The third-order valence-electron chi connectivity index (χ3n) is 6.07. The molecule has 16 nitrogen and oxygen atoms in total. The second-order valence-electron chi connectivity index (χ2n) is 8.84. The van der Waals surface area contributed by atoms with Crippen molar-refractivity contribution < 1.29 is 59.0 Å². The molecule has 2 amide bonds. The third kappa shape index (κ3) is 6.72. The maximum absolute atomic E-state index is 12.1. The van der Waals surface area contributed by atoms with Crippen LogP contribution in [-0.4, -0.2) is 117 Å². The van der Waals surface area contributed by atoms with Crippen molar-refractivity contribution in [1.29, 1.82) is 0 Å². The van der Waals surface area contributed by atoms with Crippen LogP contribution in [0.5, 0.6) is 5.75 Å². The van der Waals surface area contributed by atoms with Gasteiger partial charge in [-0.05, 0) is 12.1 Å². The van der Waals surface area contributed by atoms with E-state index in [4.69, 9.17) is 18.9 Å². The summed E-state index contributed by atoms with van der Waals surface area (Å²) in [5, 5.41) is 67.0. The van der Waals surface area contributed by atoms with Gasteiger partial charge in [0, 0.05) is 26.0 Å². The van der Waals surface area contributed by atoms with E-state index in [2.05, 4.69) is 10.6 Å². The number of amides is 2. The van der Waals surface area contributed by atoms with Crippen LogP contribution in [0.3, 0.4) is 0 Å². The van der Waals surface area contributed by atoms with Gasteiger partial charge in [-0.3, -0.25) is 19.7 Å². The zero-order valence-electron chi connectivity index (χ0n) is 20.4. The minimum absolute atomic E-state index is 0.0895. The fraction of sp³-hybridized carbons (Fsp3) is 0.636. The molecule has 1 aromatic rings. The number of hydrogen-bond donors (Lipinski definition) is 7. The van der Waals surface area contributed by atoms with Gasteiger partial charge in [-0.15, -0.1) is 0 Å². The molecule has 2 unspecified atom stereocenters. The van der Waals surface area contributed by atoms with E-state index in [-0.39, 0.29) is 11.4 Å². The van der Waals surface area contributed by atoms with Gasteiger partial charge in [-0.1, -0.05) is 0 Å². The predicted octanol–water partition coefficient (Wildman–Crippen LogP) is -3.11. The van der Waals surface area contributed by atoms with Gasteiger partial charge in [0.05, 0.1) is 18.1 Å². The van der Waals surface area contributed by atoms with Crippen LogP contribution in [-0.2, 0) is 23.8 Å². The van der Waals surface area contributed by atoms with Gasteiger partial charge in [0.2, 0.25) is 18.1 Å². The Morgan fingerprint density at radius 2 is 1.42 bits per heavy atom. The number of ether oxygens (including phenoxy) is 4. The molecule has 2 heterocycles. The van der Waals surface area contributed by atoms with Crippen molar-refractivity contribution in [3.63, 3.8) is 0 Å². The van der Waals surface area contributed by atoms with Crippen LogP contribution in [0.4, 0.5) is 5.69 Å². The Morgan fingerprint density at radius 1 is 0.895 bits per heavy atom. The molecular formula is C22H31N3O13. The number of hydrogen-bond acceptors (Lipinski definition) is 13. The van der Waals surface area contributed by atoms with Crippen molar-refractivity contribution >= 4 is 17.5 Å². The van der Waals surface area contributed by atoms with E-state index < -0.39 is 91.2 Å². The second-order valence-corrected chi connectivity index (χ2v) is 8.84. The van der Waals surface area contributed by atoms with E-state index >= 15 is 0 Å². The highest BCUT2D eigenvalue weighted by molar-refractivity contribution is 5.73. The average molecular weight is 545 g/mol. The van der Waals surface area contributed by atoms with Gasteiger partial charge in [0.15, 0.2) is 6.29 Å². The van der Waals surface area contributed by atoms with Crippen LogP contribution in [0.15, 0.2) is 24.3 Å². The molecule has 0 aromatic heterocycles. The summed E-state index contributed by atoms with van der Waals surface area (Å²) >= 11 is 0. The number of nitro groups is 1. The maximum atomic E-state index is 12.1. The van der Waals surface area contributed by atoms with Gasteiger partial charge in [0.1, 0.15) is 54.5 Å². The lowest BCUT2D eigenvalue weighted by molar-refractivity contribution is -0.384. The SMILES string of the molecule is CC(=O)NC1[C@H](O[C@@H]2C(NC(C)=O)[C@@H](Oc3ccc([N+](=O)[O-])cc3)O[C@H](CO)[C@@H]2O)O[C@H](CO)[C@@H](O)[C@@H]1O. The van der Waals surface area contributed by atoms with Crippen molar-refractivity contribution in [2.45, 2.75) is 75.1 Å². The zero-order valence-corrected chi connectivity index (χ0v) is 20.4. The van der Waals surface area contributed by atoms with E-state index in [0.29, 0.717) is 0 Å². The van der Waals surface area contributed by atoms with Gasteiger partial charge in [-0.2, -0.15) is 0 Å². The number of nitrogens with zero attached hydrogens (tertiary/aromatic N) is 1. The number of benzene rings is 1. The minimum Gasteiger partial charge on any atom is -0.463 e. The summed E-state index contributed by atoms with van der Waals surface area (Å²) in [6.07, 6.45) is -11.9. The molecule has 1 aromatic carbocycles. The molecule has 0 saturated carbocycles. The van der Waals surface area contributed by atoms with Crippen LogP contribution in [0.1, 0.15) is 13.8 Å². The van der Waals surface area contributed by atoms with E-state index in [0.717, 1.165) is 6.92 Å². The van der Waals surface area contributed by atoms with Crippen molar-refractivity contribution in [3.8, 4) is 5.75 Å². The molecule has 212 valence electrons. The molecule has 0 spiro atoms. The third-order valence-corrected chi connectivity index (χ3v) is 6.07. The van der Waals surface area contributed by atoms with Gasteiger partial charge in [-0.25, -0.2) is 0 Å². The Kier molecular flexibility index (Phi) is 9.91. The van der Waals surface area contributed by atoms with E-state index in [9.17, 15) is 45.2 Å². The van der Waals surface area contributed by atoms with Crippen LogP contribution < -0.4 is 15.4 Å². The Morgan fingerprint density at radius 3 is 1.95 bits per heavy atom. The summed E-state index contributed by atoms with van der Waals surface area (Å²) in [7, 11) is 0. The van der Waals surface area contributed by atoms with E-state index in [1.165, 1.54) is 31.2 Å². The van der Waals surface area contributed by atoms with E-state index in [1.807, 2.05) is 0 Å². The Hall–Kier alpha value is -2.96. The molecule has 0 aliphatic carbocycles. The monoisotopic (exact) mass is 545 g/mol. The molecule has 38 heavy (non-hydrogen) atoms. The zero-order chi connectivity index (χ0) is 28.1. The maximum Gasteiger partial charge on any atom is 0.269 e. The number of carbonyl (C=O) groups excluding carboxylic acids is 2. The number of carbonyl (C=O) groups is 2. The number of nitrogens with one attached hydrogen (secondary N) is 2. The lowest BCUT2D eigenvalue weighted by atomic mass is 9.94.